The summed E-state index contributed by atoms with van der Waals surface area (Å²) in [7, 11) is 0. The Morgan fingerprint density at radius 3 is 2.53 bits per heavy atom. The Balaban J connectivity index is 2.00. The summed E-state index contributed by atoms with van der Waals surface area (Å²) < 4.78 is 2.04. The van der Waals surface area contributed by atoms with E-state index in [0.29, 0.717) is 5.92 Å². The molecule has 0 spiro atoms. The Morgan fingerprint density at radius 1 is 1.18 bits per heavy atom. The second kappa shape index (κ2) is 6.35. The zero-order valence-electron chi connectivity index (χ0n) is 9.83. The van der Waals surface area contributed by atoms with Crippen LogP contribution in [0.4, 0.5) is 0 Å². The summed E-state index contributed by atoms with van der Waals surface area (Å²) in [5.41, 5.74) is 1.01. The lowest BCUT2D eigenvalue weighted by molar-refractivity contribution is 0.131. The van der Waals surface area contributed by atoms with Crippen molar-refractivity contribution in [2.75, 3.05) is 0 Å². The monoisotopic (exact) mass is 360 g/mol. The normalized spacial score (nSPS) is 19.2. The molecule has 1 aromatic rings. The Hall–Kier alpha value is 0.140. The minimum absolute atomic E-state index is 0.333. The SMILES string of the molecule is OC(CC1CCCCC1)c1ccc(Br)cc1Br. The Kier molecular flexibility index (Phi) is 5.07. The van der Waals surface area contributed by atoms with E-state index in [2.05, 4.69) is 31.9 Å². The molecule has 1 N–H and O–H groups in total. The summed E-state index contributed by atoms with van der Waals surface area (Å²) in [6.45, 7) is 0. The van der Waals surface area contributed by atoms with Crippen LogP contribution in [0.25, 0.3) is 0 Å². The molecular formula is C14H18Br2O. The molecule has 0 bridgehead atoms. The fraction of sp³-hybridized carbons (Fsp3) is 0.571. The van der Waals surface area contributed by atoms with Gasteiger partial charge in [0.15, 0.2) is 0 Å². The lowest BCUT2D eigenvalue weighted by Gasteiger charge is -2.24. The average molecular weight is 362 g/mol. The third-order valence-electron chi connectivity index (χ3n) is 3.60. The largest absolute Gasteiger partial charge is 0.388 e. The van der Waals surface area contributed by atoms with Gasteiger partial charge in [-0.3, -0.25) is 0 Å². The summed E-state index contributed by atoms with van der Waals surface area (Å²) in [6.07, 6.45) is 7.17. The van der Waals surface area contributed by atoms with Crippen LogP contribution in [-0.2, 0) is 0 Å². The molecule has 94 valence electrons. The Labute approximate surface area is 120 Å². The minimum Gasteiger partial charge on any atom is -0.388 e. The first-order valence-corrected chi connectivity index (χ1v) is 7.88. The van der Waals surface area contributed by atoms with Crippen LogP contribution in [0.15, 0.2) is 27.1 Å². The number of aliphatic hydroxyl groups is 1. The summed E-state index contributed by atoms with van der Waals surface area (Å²) in [4.78, 5) is 0. The van der Waals surface area contributed by atoms with Crippen molar-refractivity contribution in [1.29, 1.82) is 0 Å². The fourth-order valence-corrected chi connectivity index (χ4v) is 3.95. The lowest BCUT2D eigenvalue weighted by atomic mass is 9.84. The van der Waals surface area contributed by atoms with Gasteiger partial charge in [-0.25, -0.2) is 0 Å². The van der Waals surface area contributed by atoms with E-state index < -0.39 is 0 Å². The van der Waals surface area contributed by atoms with Crippen LogP contribution in [-0.4, -0.2) is 5.11 Å². The molecule has 0 amide bonds. The van der Waals surface area contributed by atoms with Gasteiger partial charge in [-0.05, 0) is 30.0 Å². The van der Waals surface area contributed by atoms with Crippen molar-refractivity contribution in [2.24, 2.45) is 5.92 Å². The second-order valence-corrected chi connectivity index (χ2v) is 6.69. The van der Waals surface area contributed by atoms with Crippen molar-refractivity contribution in [3.63, 3.8) is 0 Å². The summed E-state index contributed by atoms with van der Waals surface area (Å²) in [6, 6.07) is 5.99. The summed E-state index contributed by atoms with van der Waals surface area (Å²) in [5, 5.41) is 10.3. The van der Waals surface area contributed by atoms with E-state index in [1.807, 2.05) is 18.2 Å². The second-order valence-electron chi connectivity index (χ2n) is 4.92. The molecule has 1 atom stereocenters. The van der Waals surface area contributed by atoms with Gasteiger partial charge in [-0.1, -0.05) is 70.0 Å². The minimum atomic E-state index is -0.333. The zero-order chi connectivity index (χ0) is 12.3. The zero-order valence-corrected chi connectivity index (χ0v) is 13.0. The van der Waals surface area contributed by atoms with E-state index in [-0.39, 0.29) is 6.10 Å². The fourth-order valence-electron chi connectivity index (χ4n) is 2.64. The van der Waals surface area contributed by atoms with Crippen molar-refractivity contribution < 1.29 is 5.11 Å². The van der Waals surface area contributed by atoms with E-state index in [9.17, 15) is 5.11 Å². The number of hydrogen-bond donors (Lipinski definition) is 1. The number of rotatable bonds is 3. The quantitative estimate of drug-likeness (QED) is 0.782. The molecule has 1 fully saturated rings. The molecule has 1 aliphatic rings. The highest BCUT2D eigenvalue weighted by molar-refractivity contribution is 9.11. The van der Waals surface area contributed by atoms with E-state index >= 15 is 0 Å². The highest BCUT2D eigenvalue weighted by atomic mass is 79.9. The Bertz CT molecular complexity index is 372. The molecule has 1 nitrogen and oxygen atoms in total. The molecule has 17 heavy (non-hydrogen) atoms. The molecule has 2 rings (SSSR count). The number of aliphatic hydroxyl groups excluding tert-OH is 1. The third-order valence-corrected chi connectivity index (χ3v) is 4.78. The number of halogens is 2. The topological polar surface area (TPSA) is 20.2 Å². The van der Waals surface area contributed by atoms with E-state index in [1.54, 1.807) is 0 Å². The van der Waals surface area contributed by atoms with Crippen LogP contribution in [0.2, 0.25) is 0 Å². The maximum absolute atomic E-state index is 10.3. The first-order valence-electron chi connectivity index (χ1n) is 6.30. The van der Waals surface area contributed by atoms with Crippen molar-refractivity contribution in [1.82, 2.24) is 0 Å². The van der Waals surface area contributed by atoms with E-state index in [1.165, 1.54) is 32.1 Å². The number of hydrogen-bond acceptors (Lipinski definition) is 1. The van der Waals surface area contributed by atoms with Gasteiger partial charge in [0.1, 0.15) is 0 Å². The molecule has 1 saturated carbocycles. The molecule has 1 unspecified atom stereocenters. The Morgan fingerprint density at radius 2 is 1.88 bits per heavy atom. The third kappa shape index (κ3) is 3.80. The predicted octanol–water partition coefficient (Wildman–Crippen LogP) is 5.22. The predicted molar refractivity (Wildman–Crippen MR) is 78.0 cm³/mol. The van der Waals surface area contributed by atoms with Crippen molar-refractivity contribution in [3.05, 3.63) is 32.7 Å². The maximum Gasteiger partial charge on any atom is 0.0803 e. The van der Waals surface area contributed by atoms with E-state index in [4.69, 9.17) is 0 Å². The molecule has 0 saturated heterocycles. The van der Waals surface area contributed by atoms with Crippen LogP contribution in [0, 0.1) is 5.92 Å². The standard InChI is InChI=1S/C14H18Br2O/c15-11-6-7-12(13(16)9-11)14(17)8-10-4-2-1-3-5-10/h6-7,9-10,14,17H,1-5,8H2. The van der Waals surface area contributed by atoms with Gasteiger partial charge in [0.25, 0.3) is 0 Å². The molecule has 0 aliphatic heterocycles. The smallest absolute Gasteiger partial charge is 0.0803 e. The van der Waals surface area contributed by atoms with Crippen molar-refractivity contribution in [2.45, 2.75) is 44.6 Å². The van der Waals surface area contributed by atoms with Crippen LogP contribution in [0.3, 0.4) is 0 Å². The van der Waals surface area contributed by atoms with E-state index in [0.717, 1.165) is 20.9 Å². The molecule has 0 aromatic heterocycles. The van der Waals surface area contributed by atoms with Crippen LogP contribution in [0.5, 0.6) is 0 Å². The van der Waals surface area contributed by atoms with Gasteiger partial charge in [-0.2, -0.15) is 0 Å². The highest BCUT2D eigenvalue weighted by Crippen LogP contribution is 2.34. The average Bonchev–Trinajstić information content (AvgIpc) is 2.30. The molecular weight excluding hydrogens is 344 g/mol. The molecule has 0 radical (unpaired) electrons. The van der Waals surface area contributed by atoms with Crippen molar-refractivity contribution in [3.8, 4) is 0 Å². The van der Waals surface area contributed by atoms with Gasteiger partial charge in [-0.15, -0.1) is 0 Å². The highest BCUT2D eigenvalue weighted by Gasteiger charge is 2.19. The molecule has 0 heterocycles. The van der Waals surface area contributed by atoms with Gasteiger partial charge in [0, 0.05) is 8.95 Å². The first-order chi connectivity index (χ1) is 8.16. The summed E-state index contributed by atoms with van der Waals surface area (Å²) >= 11 is 6.95. The van der Waals surface area contributed by atoms with Gasteiger partial charge < -0.3 is 5.11 Å². The van der Waals surface area contributed by atoms with Crippen molar-refractivity contribution >= 4 is 31.9 Å². The molecule has 3 heteroatoms. The lowest BCUT2D eigenvalue weighted by Crippen LogP contribution is -2.11. The number of benzene rings is 1. The molecule has 1 aromatic carbocycles. The first kappa shape index (κ1) is 13.6. The summed E-state index contributed by atoms with van der Waals surface area (Å²) in [5.74, 6) is 0.703. The van der Waals surface area contributed by atoms with Crippen LogP contribution < -0.4 is 0 Å². The van der Waals surface area contributed by atoms with Gasteiger partial charge in [0.05, 0.1) is 6.10 Å². The van der Waals surface area contributed by atoms with Crippen LogP contribution in [0.1, 0.15) is 50.2 Å². The maximum atomic E-state index is 10.3. The van der Waals surface area contributed by atoms with Gasteiger partial charge >= 0.3 is 0 Å². The van der Waals surface area contributed by atoms with Gasteiger partial charge in [0.2, 0.25) is 0 Å². The van der Waals surface area contributed by atoms with Crippen LogP contribution >= 0.6 is 31.9 Å². The molecule has 1 aliphatic carbocycles.